The van der Waals surface area contributed by atoms with E-state index in [9.17, 15) is 0 Å². The van der Waals surface area contributed by atoms with Crippen LogP contribution in [0.1, 0.15) is 10.6 Å². The van der Waals surface area contributed by atoms with E-state index in [2.05, 4.69) is 5.10 Å². The first-order chi connectivity index (χ1) is 6.68. The lowest BCUT2D eigenvalue weighted by molar-refractivity contribution is 0.673. The molecule has 0 amide bonds. The summed E-state index contributed by atoms with van der Waals surface area (Å²) in [4.78, 5) is 1.11. The number of halogens is 1. The number of aromatic nitrogens is 2. The summed E-state index contributed by atoms with van der Waals surface area (Å²) in [5.41, 5.74) is 7.40. The van der Waals surface area contributed by atoms with Crippen LogP contribution in [0.5, 0.6) is 0 Å². The van der Waals surface area contributed by atoms with Crippen LogP contribution in [0.3, 0.4) is 0 Å². The molecule has 0 fully saturated rings. The van der Waals surface area contributed by atoms with E-state index in [1.165, 1.54) is 0 Å². The van der Waals surface area contributed by atoms with Crippen LogP contribution in [0.2, 0.25) is 5.02 Å². The summed E-state index contributed by atoms with van der Waals surface area (Å²) in [5.74, 6) is 0. The predicted octanol–water partition coefficient (Wildman–Crippen LogP) is 2.54. The molecular formula is C9H10ClN3S. The number of rotatable bonds is 2. The zero-order chi connectivity index (χ0) is 10.1. The van der Waals surface area contributed by atoms with Gasteiger partial charge in [0.2, 0.25) is 0 Å². The summed E-state index contributed by atoms with van der Waals surface area (Å²) >= 11 is 7.62. The Kier molecular flexibility index (Phi) is 2.48. The van der Waals surface area contributed by atoms with Crippen LogP contribution in [-0.2, 0) is 6.54 Å². The largest absolute Gasteiger partial charge is 0.396 e. The molecule has 0 bridgehead atoms. The first-order valence-electron chi connectivity index (χ1n) is 4.18. The predicted molar refractivity (Wildman–Crippen MR) is 59.8 cm³/mol. The second-order valence-electron chi connectivity index (χ2n) is 3.03. The van der Waals surface area contributed by atoms with Crippen molar-refractivity contribution in [2.45, 2.75) is 13.5 Å². The average Bonchev–Trinajstić information content (AvgIpc) is 2.68. The topological polar surface area (TPSA) is 43.8 Å². The maximum atomic E-state index is 5.99. The summed E-state index contributed by atoms with van der Waals surface area (Å²) in [6.07, 6.45) is 1.66. The molecule has 74 valence electrons. The molecule has 2 heterocycles. The van der Waals surface area contributed by atoms with Gasteiger partial charge in [-0.3, -0.25) is 4.68 Å². The van der Waals surface area contributed by atoms with E-state index in [0.29, 0.717) is 6.54 Å². The minimum Gasteiger partial charge on any atom is -0.396 e. The maximum Gasteiger partial charge on any atom is 0.0771 e. The smallest absolute Gasteiger partial charge is 0.0771 e. The SMILES string of the molecule is Cc1c(N)cnn1Cc1sccc1Cl. The lowest BCUT2D eigenvalue weighted by atomic mass is 10.4. The monoisotopic (exact) mass is 227 g/mol. The summed E-state index contributed by atoms with van der Waals surface area (Å²) < 4.78 is 1.85. The third kappa shape index (κ3) is 1.63. The minimum absolute atomic E-state index is 0.694. The van der Waals surface area contributed by atoms with Crippen LogP contribution < -0.4 is 5.73 Å². The number of nitrogen functional groups attached to an aromatic ring is 1. The Balaban J connectivity index is 2.27. The molecule has 0 saturated heterocycles. The second kappa shape index (κ2) is 3.63. The molecule has 0 aliphatic rings. The Labute approximate surface area is 91.1 Å². The molecule has 2 aromatic heterocycles. The fourth-order valence-corrected chi connectivity index (χ4v) is 2.27. The van der Waals surface area contributed by atoms with Crippen molar-refractivity contribution in [3.05, 3.63) is 33.2 Å². The van der Waals surface area contributed by atoms with Crippen LogP contribution in [-0.4, -0.2) is 9.78 Å². The van der Waals surface area contributed by atoms with Crippen LogP contribution in [0.15, 0.2) is 17.6 Å². The molecule has 2 N–H and O–H groups in total. The molecule has 0 aliphatic carbocycles. The van der Waals surface area contributed by atoms with Gasteiger partial charge in [-0.2, -0.15) is 5.10 Å². The quantitative estimate of drug-likeness (QED) is 0.857. The van der Waals surface area contributed by atoms with E-state index in [1.54, 1.807) is 17.5 Å². The minimum atomic E-state index is 0.694. The number of anilines is 1. The molecule has 0 aliphatic heterocycles. The van der Waals surface area contributed by atoms with Gasteiger partial charge in [-0.15, -0.1) is 11.3 Å². The molecule has 5 heteroatoms. The highest BCUT2D eigenvalue weighted by Gasteiger charge is 2.06. The average molecular weight is 228 g/mol. The van der Waals surface area contributed by atoms with Crippen molar-refractivity contribution >= 4 is 28.6 Å². The fraction of sp³-hybridized carbons (Fsp3) is 0.222. The van der Waals surface area contributed by atoms with Crippen molar-refractivity contribution in [2.75, 3.05) is 5.73 Å². The van der Waals surface area contributed by atoms with Crippen molar-refractivity contribution in [3.63, 3.8) is 0 Å². The highest BCUT2D eigenvalue weighted by molar-refractivity contribution is 7.10. The lowest BCUT2D eigenvalue weighted by Crippen LogP contribution is -2.03. The van der Waals surface area contributed by atoms with E-state index in [4.69, 9.17) is 17.3 Å². The lowest BCUT2D eigenvalue weighted by Gasteiger charge is -2.02. The Morgan fingerprint density at radius 2 is 2.43 bits per heavy atom. The van der Waals surface area contributed by atoms with Crippen LogP contribution in [0, 0.1) is 6.92 Å². The first-order valence-corrected chi connectivity index (χ1v) is 5.44. The van der Waals surface area contributed by atoms with Gasteiger partial charge in [0.25, 0.3) is 0 Å². The Morgan fingerprint density at radius 3 is 2.93 bits per heavy atom. The Hall–Kier alpha value is -1.00. The van der Waals surface area contributed by atoms with E-state index in [1.807, 2.05) is 23.1 Å². The molecule has 2 rings (SSSR count). The maximum absolute atomic E-state index is 5.99. The molecule has 3 nitrogen and oxygen atoms in total. The van der Waals surface area contributed by atoms with E-state index < -0.39 is 0 Å². The highest BCUT2D eigenvalue weighted by Crippen LogP contribution is 2.23. The van der Waals surface area contributed by atoms with Crippen LogP contribution in [0.25, 0.3) is 0 Å². The summed E-state index contributed by atoms with van der Waals surface area (Å²) in [5, 5.41) is 6.94. The Morgan fingerprint density at radius 1 is 1.64 bits per heavy atom. The van der Waals surface area contributed by atoms with Crippen LogP contribution >= 0.6 is 22.9 Å². The third-order valence-corrected chi connectivity index (χ3v) is 3.50. The molecule has 2 aromatic rings. The molecule has 14 heavy (non-hydrogen) atoms. The van der Waals surface area contributed by atoms with Gasteiger partial charge in [-0.1, -0.05) is 11.6 Å². The van der Waals surface area contributed by atoms with Gasteiger partial charge in [0.15, 0.2) is 0 Å². The van der Waals surface area contributed by atoms with Crippen molar-refractivity contribution in [1.82, 2.24) is 9.78 Å². The number of hydrogen-bond acceptors (Lipinski definition) is 3. The van der Waals surface area contributed by atoms with Crippen molar-refractivity contribution in [1.29, 1.82) is 0 Å². The van der Waals surface area contributed by atoms with Crippen molar-refractivity contribution in [2.24, 2.45) is 0 Å². The van der Waals surface area contributed by atoms with Crippen molar-refractivity contribution < 1.29 is 0 Å². The van der Waals surface area contributed by atoms with E-state index in [0.717, 1.165) is 21.3 Å². The van der Waals surface area contributed by atoms with Gasteiger partial charge < -0.3 is 5.73 Å². The zero-order valence-electron chi connectivity index (χ0n) is 7.70. The molecule has 0 radical (unpaired) electrons. The molecule has 0 spiro atoms. The highest BCUT2D eigenvalue weighted by atomic mass is 35.5. The summed E-state index contributed by atoms with van der Waals surface area (Å²) in [6, 6.07) is 1.89. The van der Waals surface area contributed by atoms with Gasteiger partial charge in [-0.25, -0.2) is 0 Å². The van der Waals surface area contributed by atoms with Gasteiger partial charge in [0.05, 0.1) is 29.1 Å². The Bertz CT molecular complexity index is 447. The number of thiophene rings is 1. The van der Waals surface area contributed by atoms with Gasteiger partial charge in [-0.05, 0) is 18.4 Å². The molecule has 0 unspecified atom stereocenters. The second-order valence-corrected chi connectivity index (χ2v) is 4.44. The summed E-state index contributed by atoms with van der Waals surface area (Å²) in [6.45, 7) is 2.64. The third-order valence-electron chi connectivity index (χ3n) is 2.13. The normalized spacial score (nSPS) is 10.7. The molecular weight excluding hydrogens is 218 g/mol. The standard InChI is InChI=1S/C9H10ClN3S/c1-6-8(11)4-12-13(6)5-9-7(10)2-3-14-9/h2-4H,5,11H2,1H3. The van der Waals surface area contributed by atoms with E-state index >= 15 is 0 Å². The van der Waals surface area contributed by atoms with Gasteiger partial charge in [0, 0.05) is 4.88 Å². The molecule has 0 atom stereocenters. The molecule has 0 aromatic carbocycles. The number of nitrogens with two attached hydrogens (primary N) is 1. The number of nitrogens with zero attached hydrogens (tertiary/aromatic N) is 2. The van der Waals surface area contributed by atoms with Gasteiger partial charge >= 0.3 is 0 Å². The zero-order valence-corrected chi connectivity index (χ0v) is 9.27. The van der Waals surface area contributed by atoms with E-state index in [-0.39, 0.29) is 0 Å². The molecule has 0 saturated carbocycles. The van der Waals surface area contributed by atoms with Crippen molar-refractivity contribution in [3.8, 4) is 0 Å². The first kappa shape index (κ1) is 9.55. The fourth-order valence-electron chi connectivity index (χ4n) is 1.19. The number of hydrogen-bond donors (Lipinski definition) is 1. The summed E-state index contributed by atoms with van der Waals surface area (Å²) in [7, 11) is 0. The van der Waals surface area contributed by atoms with Gasteiger partial charge in [0.1, 0.15) is 0 Å². The van der Waals surface area contributed by atoms with Crippen LogP contribution in [0.4, 0.5) is 5.69 Å².